The number of halogens is 1. The summed E-state index contributed by atoms with van der Waals surface area (Å²) in [7, 11) is 0. The van der Waals surface area contributed by atoms with Crippen molar-refractivity contribution in [1.82, 2.24) is 10.6 Å². The highest BCUT2D eigenvalue weighted by molar-refractivity contribution is 9.10. The second-order valence-electron chi connectivity index (χ2n) is 5.12. The molecule has 4 heteroatoms. The smallest absolute Gasteiger partial charge is 0.220 e. The summed E-state index contributed by atoms with van der Waals surface area (Å²) in [5.41, 5.74) is 1.25. The van der Waals surface area contributed by atoms with Crippen LogP contribution in [0, 0.1) is 5.92 Å². The van der Waals surface area contributed by atoms with Crippen LogP contribution in [-0.4, -0.2) is 25.5 Å². The van der Waals surface area contributed by atoms with Gasteiger partial charge in [-0.25, -0.2) is 0 Å². The van der Waals surface area contributed by atoms with Crippen LogP contribution in [0.1, 0.15) is 24.8 Å². The zero-order valence-electron chi connectivity index (χ0n) is 11.1. The molecular formula is C15H21BrN2O. The number of hydrogen-bond donors (Lipinski definition) is 2. The van der Waals surface area contributed by atoms with E-state index in [4.69, 9.17) is 0 Å². The first kappa shape index (κ1) is 14.5. The zero-order chi connectivity index (χ0) is 13.5. The van der Waals surface area contributed by atoms with Crippen LogP contribution in [0.5, 0.6) is 0 Å². The highest BCUT2D eigenvalue weighted by Crippen LogP contribution is 2.15. The first-order valence-corrected chi connectivity index (χ1v) is 7.75. The maximum Gasteiger partial charge on any atom is 0.220 e. The number of benzene rings is 1. The van der Waals surface area contributed by atoms with Crippen LogP contribution in [0.15, 0.2) is 28.7 Å². The molecule has 0 saturated carbocycles. The van der Waals surface area contributed by atoms with E-state index in [1.54, 1.807) is 0 Å². The molecule has 19 heavy (non-hydrogen) atoms. The second-order valence-corrected chi connectivity index (χ2v) is 6.04. The molecule has 0 radical (unpaired) electrons. The number of carbonyl (C=O) groups excluding carboxylic acids is 1. The van der Waals surface area contributed by atoms with Gasteiger partial charge >= 0.3 is 0 Å². The molecule has 0 spiro atoms. The van der Waals surface area contributed by atoms with Crippen molar-refractivity contribution in [2.24, 2.45) is 5.92 Å². The van der Waals surface area contributed by atoms with E-state index >= 15 is 0 Å². The normalized spacial score (nSPS) is 16.3. The molecule has 1 aromatic carbocycles. The minimum Gasteiger partial charge on any atom is -0.356 e. The largest absolute Gasteiger partial charge is 0.356 e. The van der Waals surface area contributed by atoms with Gasteiger partial charge in [0, 0.05) is 17.4 Å². The van der Waals surface area contributed by atoms with Gasteiger partial charge in [-0.2, -0.15) is 0 Å². The van der Waals surface area contributed by atoms with Crippen molar-refractivity contribution in [3.63, 3.8) is 0 Å². The van der Waals surface area contributed by atoms with Crippen LogP contribution in [0.25, 0.3) is 0 Å². The van der Waals surface area contributed by atoms with E-state index in [1.807, 2.05) is 12.1 Å². The van der Waals surface area contributed by atoms with Crippen molar-refractivity contribution < 1.29 is 4.79 Å². The first-order chi connectivity index (χ1) is 9.24. The molecule has 0 bridgehead atoms. The number of hydrogen-bond acceptors (Lipinski definition) is 2. The average Bonchev–Trinajstić information content (AvgIpc) is 2.42. The average molecular weight is 325 g/mol. The molecule has 0 atom stereocenters. The SMILES string of the molecule is O=C(CC1CCNCC1)NCCc1ccc(Br)cc1. The lowest BCUT2D eigenvalue weighted by Gasteiger charge is -2.21. The Bertz CT molecular complexity index is 399. The number of rotatable bonds is 5. The van der Waals surface area contributed by atoms with Gasteiger partial charge in [-0.3, -0.25) is 4.79 Å². The molecule has 1 saturated heterocycles. The summed E-state index contributed by atoms with van der Waals surface area (Å²) in [6, 6.07) is 8.24. The van der Waals surface area contributed by atoms with Gasteiger partial charge in [-0.05, 0) is 56.0 Å². The Balaban J connectivity index is 1.64. The highest BCUT2D eigenvalue weighted by Gasteiger charge is 2.16. The third kappa shape index (κ3) is 5.33. The maximum atomic E-state index is 11.8. The standard InChI is InChI=1S/C15H21BrN2O/c16-14-3-1-12(2-4-14)7-10-18-15(19)11-13-5-8-17-9-6-13/h1-4,13,17H,5-11H2,(H,18,19). The van der Waals surface area contributed by atoms with Gasteiger partial charge in [0.25, 0.3) is 0 Å². The van der Waals surface area contributed by atoms with E-state index in [2.05, 4.69) is 38.7 Å². The van der Waals surface area contributed by atoms with Gasteiger partial charge < -0.3 is 10.6 Å². The summed E-state index contributed by atoms with van der Waals surface area (Å²) in [5.74, 6) is 0.762. The minimum atomic E-state index is 0.198. The summed E-state index contributed by atoms with van der Waals surface area (Å²) in [4.78, 5) is 11.8. The lowest BCUT2D eigenvalue weighted by Crippen LogP contribution is -2.33. The Morgan fingerprint density at radius 1 is 1.26 bits per heavy atom. The summed E-state index contributed by atoms with van der Waals surface area (Å²) < 4.78 is 1.09. The summed E-state index contributed by atoms with van der Waals surface area (Å²) in [5, 5.41) is 6.34. The summed E-state index contributed by atoms with van der Waals surface area (Å²) in [6.45, 7) is 2.83. The summed E-state index contributed by atoms with van der Waals surface area (Å²) >= 11 is 3.42. The molecule has 3 nitrogen and oxygen atoms in total. The minimum absolute atomic E-state index is 0.198. The molecule has 1 heterocycles. The molecule has 1 aromatic rings. The van der Waals surface area contributed by atoms with Gasteiger partial charge in [0.1, 0.15) is 0 Å². The van der Waals surface area contributed by atoms with Gasteiger partial charge in [-0.15, -0.1) is 0 Å². The number of piperidine rings is 1. The van der Waals surface area contributed by atoms with Crippen LogP contribution in [-0.2, 0) is 11.2 Å². The lowest BCUT2D eigenvalue weighted by molar-refractivity contribution is -0.122. The van der Waals surface area contributed by atoms with Gasteiger partial charge in [0.2, 0.25) is 5.91 Å². The molecule has 1 aliphatic rings. The third-order valence-electron chi connectivity index (χ3n) is 3.58. The molecule has 0 aliphatic carbocycles. The van der Waals surface area contributed by atoms with E-state index in [-0.39, 0.29) is 5.91 Å². The van der Waals surface area contributed by atoms with Gasteiger partial charge in [-0.1, -0.05) is 28.1 Å². The second kappa shape index (κ2) is 7.65. The quantitative estimate of drug-likeness (QED) is 0.873. The van der Waals surface area contributed by atoms with E-state index in [1.165, 1.54) is 5.56 Å². The Labute approximate surface area is 123 Å². The molecular weight excluding hydrogens is 304 g/mol. The molecule has 1 aliphatic heterocycles. The van der Waals surface area contributed by atoms with Crippen LogP contribution < -0.4 is 10.6 Å². The Morgan fingerprint density at radius 3 is 2.63 bits per heavy atom. The van der Waals surface area contributed by atoms with Crippen molar-refractivity contribution in [2.45, 2.75) is 25.7 Å². The molecule has 0 unspecified atom stereocenters. The van der Waals surface area contributed by atoms with Crippen molar-refractivity contribution in [3.8, 4) is 0 Å². The van der Waals surface area contributed by atoms with Crippen LogP contribution in [0.2, 0.25) is 0 Å². The van der Waals surface area contributed by atoms with Crippen molar-refractivity contribution in [1.29, 1.82) is 0 Å². The molecule has 2 rings (SSSR count). The molecule has 1 fully saturated rings. The first-order valence-electron chi connectivity index (χ1n) is 6.96. The van der Waals surface area contributed by atoms with Crippen molar-refractivity contribution in [3.05, 3.63) is 34.3 Å². The molecule has 0 aromatic heterocycles. The van der Waals surface area contributed by atoms with Crippen molar-refractivity contribution >= 4 is 21.8 Å². The fourth-order valence-electron chi connectivity index (χ4n) is 2.42. The monoisotopic (exact) mass is 324 g/mol. The van der Waals surface area contributed by atoms with Crippen molar-refractivity contribution in [2.75, 3.05) is 19.6 Å². The fourth-order valence-corrected chi connectivity index (χ4v) is 2.68. The predicted molar refractivity (Wildman–Crippen MR) is 81.1 cm³/mol. The maximum absolute atomic E-state index is 11.8. The topological polar surface area (TPSA) is 41.1 Å². The molecule has 104 valence electrons. The van der Waals surface area contributed by atoms with Gasteiger partial charge in [0.15, 0.2) is 0 Å². The Hall–Kier alpha value is -0.870. The Morgan fingerprint density at radius 2 is 1.95 bits per heavy atom. The highest BCUT2D eigenvalue weighted by atomic mass is 79.9. The number of amides is 1. The zero-order valence-corrected chi connectivity index (χ0v) is 12.7. The van der Waals surface area contributed by atoms with Gasteiger partial charge in [0.05, 0.1) is 0 Å². The Kier molecular flexibility index (Phi) is 5.86. The lowest BCUT2D eigenvalue weighted by atomic mass is 9.94. The number of nitrogens with one attached hydrogen (secondary N) is 2. The van der Waals surface area contributed by atoms with E-state index in [0.29, 0.717) is 12.3 Å². The predicted octanol–water partition coefficient (Wildman–Crippen LogP) is 2.50. The van der Waals surface area contributed by atoms with Crippen LogP contribution >= 0.6 is 15.9 Å². The van der Waals surface area contributed by atoms with E-state index in [9.17, 15) is 4.79 Å². The van der Waals surface area contributed by atoms with Crippen LogP contribution in [0.4, 0.5) is 0 Å². The third-order valence-corrected chi connectivity index (χ3v) is 4.11. The molecule has 1 amide bonds. The van der Waals surface area contributed by atoms with E-state index in [0.717, 1.165) is 43.4 Å². The van der Waals surface area contributed by atoms with E-state index < -0.39 is 0 Å². The summed E-state index contributed by atoms with van der Waals surface area (Å²) in [6.07, 6.45) is 3.83. The molecule has 2 N–H and O–H groups in total. The van der Waals surface area contributed by atoms with Crippen LogP contribution in [0.3, 0.4) is 0 Å². The number of carbonyl (C=O) groups is 1. The fraction of sp³-hybridized carbons (Fsp3) is 0.533.